The SMILES string of the molecule is Fc1cc(Cl)cnc1NCCOCC1CC1. The van der Waals surface area contributed by atoms with Crippen molar-refractivity contribution < 1.29 is 9.13 Å². The van der Waals surface area contributed by atoms with Crippen LogP contribution in [0, 0.1) is 11.7 Å². The highest BCUT2D eigenvalue weighted by Gasteiger charge is 2.20. The van der Waals surface area contributed by atoms with E-state index in [0.717, 1.165) is 12.5 Å². The molecule has 0 bridgehead atoms. The van der Waals surface area contributed by atoms with Gasteiger partial charge in [0.15, 0.2) is 11.6 Å². The van der Waals surface area contributed by atoms with Gasteiger partial charge in [-0.05, 0) is 24.8 Å². The van der Waals surface area contributed by atoms with Gasteiger partial charge >= 0.3 is 0 Å². The van der Waals surface area contributed by atoms with Crippen molar-refractivity contribution in [1.29, 1.82) is 0 Å². The monoisotopic (exact) mass is 244 g/mol. The molecule has 0 spiro atoms. The molecule has 1 N–H and O–H groups in total. The number of ether oxygens (including phenoxy) is 1. The second kappa shape index (κ2) is 5.46. The third-order valence-corrected chi connectivity index (χ3v) is 2.60. The van der Waals surface area contributed by atoms with Crippen LogP contribution < -0.4 is 5.32 Å². The zero-order valence-electron chi connectivity index (χ0n) is 8.88. The lowest BCUT2D eigenvalue weighted by Crippen LogP contribution is -2.12. The molecule has 0 unspecified atom stereocenters. The summed E-state index contributed by atoms with van der Waals surface area (Å²) >= 11 is 5.59. The normalized spacial score (nSPS) is 15.1. The number of hydrogen-bond donors (Lipinski definition) is 1. The first-order valence-electron chi connectivity index (χ1n) is 5.38. The molecule has 0 radical (unpaired) electrons. The molecule has 0 atom stereocenters. The maximum Gasteiger partial charge on any atom is 0.166 e. The fourth-order valence-electron chi connectivity index (χ4n) is 1.32. The van der Waals surface area contributed by atoms with Crippen molar-refractivity contribution in [2.24, 2.45) is 5.92 Å². The van der Waals surface area contributed by atoms with Gasteiger partial charge in [0.25, 0.3) is 0 Å². The second-order valence-corrected chi connectivity index (χ2v) is 4.37. The maximum atomic E-state index is 13.2. The zero-order valence-corrected chi connectivity index (χ0v) is 9.63. The van der Waals surface area contributed by atoms with Crippen LogP contribution >= 0.6 is 11.6 Å². The van der Waals surface area contributed by atoms with Gasteiger partial charge in [-0.1, -0.05) is 11.6 Å². The van der Waals surface area contributed by atoms with Gasteiger partial charge in [0.2, 0.25) is 0 Å². The predicted octanol–water partition coefficient (Wildman–Crippen LogP) is 2.71. The van der Waals surface area contributed by atoms with Crippen molar-refractivity contribution in [3.8, 4) is 0 Å². The minimum atomic E-state index is -0.435. The quantitative estimate of drug-likeness (QED) is 0.782. The average Bonchev–Trinajstić information content (AvgIpc) is 3.04. The van der Waals surface area contributed by atoms with Crippen LogP contribution in [-0.4, -0.2) is 24.7 Å². The molecule has 1 heterocycles. The molecule has 0 aliphatic heterocycles. The summed E-state index contributed by atoms with van der Waals surface area (Å²) in [5.74, 6) is 0.541. The van der Waals surface area contributed by atoms with Gasteiger partial charge in [0.05, 0.1) is 11.6 Å². The Labute approximate surface area is 99.0 Å². The summed E-state index contributed by atoms with van der Waals surface area (Å²) in [6, 6.07) is 1.24. The second-order valence-electron chi connectivity index (χ2n) is 3.93. The molecule has 0 saturated heterocycles. The number of nitrogens with one attached hydrogen (secondary N) is 1. The fraction of sp³-hybridized carbons (Fsp3) is 0.545. The molecule has 5 heteroatoms. The Kier molecular flexibility index (Phi) is 3.96. The van der Waals surface area contributed by atoms with E-state index in [1.807, 2.05) is 0 Å². The molecular formula is C11H14ClFN2O. The van der Waals surface area contributed by atoms with Crippen molar-refractivity contribution >= 4 is 17.4 Å². The van der Waals surface area contributed by atoms with Crippen molar-refractivity contribution in [1.82, 2.24) is 4.98 Å². The van der Waals surface area contributed by atoms with E-state index < -0.39 is 5.82 Å². The summed E-state index contributed by atoms with van der Waals surface area (Å²) in [7, 11) is 0. The van der Waals surface area contributed by atoms with E-state index in [-0.39, 0.29) is 5.82 Å². The van der Waals surface area contributed by atoms with Gasteiger partial charge in [0, 0.05) is 19.3 Å². The van der Waals surface area contributed by atoms with E-state index >= 15 is 0 Å². The van der Waals surface area contributed by atoms with Gasteiger partial charge in [-0.3, -0.25) is 0 Å². The van der Waals surface area contributed by atoms with Crippen LogP contribution in [0.5, 0.6) is 0 Å². The average molecular weight is 245 g/mol. The Morgan fingerprint density at radius 3 is 3.06 bits per heavy atom. The van der Waals surface area contributed by atoms with E-state index in [1.54, 1.807) is 0 Å². The molecule has 1 saturated carbocycles. The van der Waals surface area contributed by atoms with E-state index in [9.17, 15) is 4.39 Å². The topological polar surface area (TPSA) is 34.2 Å². The minimum Gasteiger partial charge on any atom is -0.379 e. The summed E-state index contributed by atoms with van der Waals surface area (Å²) in [6.45, 7) is 1.94. The molecule has 1 aliphatic carbocycles. The highest BCUT2D eigenvalue weighted by Crippen LogP contribution is 2.28. The first-order valence-corrected chi connectivity index (χ1v) is 5.76. The van der Waals surface area contributed by atoms with E-state index in [1.165, 1.54) is 25.1 Å². The summed E-state index contributed by atoms with van der Waals surface area (Å²) in [6.07, 6.45) is 3.97. The Hall–Kier alpha value is -0.870. The van der Waals surface area contributed by atoms with E-state index in [2.05, 4.69) is 10.3 Å². The molecule has 2 rings (SSSR count). The van der Waals surface area contributed by atoms with Crippen LogP contribution in [0.1, 0.15) is 12.8 Å². The van der Waals surface area contributed by atoms with Crippen molar-refractivity contribution in [3.05, 3.63) is 23.1 Å². The molecule has 1 fully saturated rings. The molecule has 88 valence electrons. The summed E-state index contributed by atoms with van der Waals surface area (Å²) in [5, 5.41) is 3.16. The number of aromatic nitrogens is 1. The maximum absolute atomic E-state index is 13.2. The Balaban J connectivity index is 1.67. The smallest absolute Gasteiger partial charge is 0.166 e. The predicted molar refractivity (Wildman–Crippen MR) is 61.2 cm³/mol. The van der Waals surface area contributed by atoms with Crippen LogP contribution in [0.2, 0.25) is 5.02 Å². The molecule has 0 aromatic carbocycles. The summed E-state index contributed by atoms with van der Waals surface area (Å²) in [4.78, 5) is 3.85. The van der Waals surface area contributed by atoms with Gasteiger partial charge in [-0.2, -0.15) is 0 Å². The van der Waals surface area contributed by atoms with E-state index in [0.29, 0.717) is 18.2 Å². The minimum absolute atomic E-state index is 0.222. The Bertz CT molecular complexity index is 358. The number of hydrogen-bond acceptors (Lipinski definition) is 3. The van der Waals surface area contributed by atoms with Crippen LogP contribution in [0.25, 0.3) is 0 Å². The largest absolute Gasteiger partial charge is 0.379 e. The Morgan fingerprint density at radius 2 is 2.38 bits per heavy atom. The van der Waals surface area contributed by atoms with Crippen molar-refractivity contribution in [3.63, 3.8) is 0 Å². The first-order chi connectivity index (χ1) is 7.75. The molecule has 1 aromatic rings. The van der Waals surface area contributed by atoms with Crippen LogP contribution in [-0.2, 0) is 4.74 Å². The molecule has 1 aromatic heterocycles. The van der Waals surface area contributed by atoms with Gasteiger partial charge in [0.1, 0.15) is 0 Å². The number of rotatable bonds is 6. The van der Waals surface area contributed by atoms with E-state index in [4.69, 9.17) is 16.3 Å². The highest BCUT2D eigenvalue weighted by molar-refractivity contribution is 6.30. The molecular weight excluding hydrogens is 231 g/mol. The number of anilines is 1. The van der Waals surface area contributed by atoms with Crippen LogP contribution in [0.15, 0.2) is 12.3 Å². The summed E-state index contributed by atoms with van der Waals surface area (Å²) < 4.78 is 18.7. The fourth-order valence-corrected chi connectivity index (χ4v) is 1.47. The van der Waals surface area contributed by atoms with Gasteiger partial charge < -0.3 is 10.1 Å². The van der Waals surface area contributed by atoms with Crippen LogP contribution in [0.3, 0.4) is 0 Å². The van der Waals surface area contributed by atoms with Gasteiger partial charge in [-0.25, -0.2) is 9.37 Å². The van der Waals surface area contributed by atoms with Crippen molar-refractivity contribution in [2.45, 2.75) is 12.8 Å². The van der Waals surface area contributed by atoms with Crippen LogP contribution in [0.4, 0.5) is 10.2 Å². The summed E-state index contributed by atoms with van der Waals surface area (Å²) in [5.41, 5.74) is 0. The number of halogens is 2. The highest BCUT2D eigenvalue weighted by atomic mass is 35.5. The Morgan fingerprint density at radius 1 is 1.56 bits per heavy atom. The number of nitrogens with zero attached hydrogens (tertiary/aromatic N) is 1. The lowest BCUT2D eigenvalue weighted by molar-refractivity contribution is 0.134. The lowest BCUT2D eigenvalue weighted by atomic mass is 10.4. The first kappa shape index (κ1) is 11.6. The molecule has 16 heavy (non-hydrogen) atoms. The molecule has 1 aliphatic rings. The third-order valence-electron chi connectivity index (χ3n) is 2.40. The zero-order chi connectivity index (χ0) is 11.4. The van der Waals surface area contributed by atoms with Gasteiger partial charge in [-0.15, -0.1) is 0 Å². The number of pyridine rings is 1. The molecule has 0 amide bonds. The third kappa shape index (κ3) is 3.61. The lowest BCUT2D eigenvalue weighted by Gasteiger charge is -2.07. The molecule has 3 nitrogen and oxygen atoms in total. The standard InChI is InChI=1S/C11H14ClFN2O/c12-9-5-10(13)11(15-6-9)14-3-4-16-7-8-1-2-8/h5-6,8H,1-4,7H2,(H,14,15). The van der Waals surface area contributed by atoms with Crippen molar-refractivity contribution in [2.75, 3.05) is 25.1 Å².